The molecule has 1 aliphatic rings. The SMILES string of the molecule is NC(=O)[C@@H]1CCCN1S(=O)(=O)c1cccc(Cl)c1Cl. The fraction of sp³-hybridized carbons (Fsp3) is 0.364. The Kier molecular flexibility index (Phi) is 4.06. The van der Waals surface area contributed by atoms with Crippen LogP contribution in [-0.4, -0.2) is 31.2 Å². The Bertz CT molecular complexity index is 618. The van der Waals surface area contributed by atoms with Crippen molar-refractivity contribution in [3.63, 3.8) is 0 Å². The van der Waals surface area contributed by atoms with E-state index in [1.807, 2.05) is 0 Å². The van der Waals surface area contributed by atoms with E-state index in [1.165, 1.54) is 18.2 Å². The average Bonchev–Trinajstić information content (AvgIpc) is 2.82. The normalized spacial score (nSPS) is 20.6. The Hall–Kier alpha value is -0.820. The molecular weight excluding hydrogens is 311 g/mol. The van der Waals surface area contributed by atoms with Crippen LogP contribution in [0.4, 0.5) is 0 Å². The molecule has 0 spiro atoms. The lowest BCUT2D eigenvalue weighted by molar-refractivity contribution is -0.121. The van der Waals surface area contributed by atoms with Crippen molar-refractivity contribution in [3.8, 4) is 0 Å². The van der Waals surface area contributed by atoms with Gasteiger partial charge in [0.25, 0.3) is 0 Å². The zero-order valence-corrected chi connectivity index (χ0v) is 12.2. The van der Waals surface area contributed by atoms with Gasteiger partial charge in [-0.2, -0.15) is 4.31 Å². The Labute approximate surface area is 121 Å². The fourth-order valence-corrected chi connectivity index (χ4v) is 4.52. The minimum atomic E-state index is -3.87. The number of halogens is 2. The zero-order chi connectivity index (χ0) is 14.2. The maximum absolute atomic E-state index is 12.5. The second kappa shape index (κ2) is 5.28. The molecule has 0 aliphatic carbocycles. The molecule has 1 saturated heterocycles. The predicted octanol–water partition coefficient (Wildman–Crippen LogP) is 1.63. The van der Waals surface area contributed by atoms with E-state index < -0.39 is 22.0 Å². The third kappa shape index (κ3) is 2.58. The third-order valence-electron chi connectivity index (χ3n) is 3.03. The average molecular weight is 323 g/mol. The summed E-state index contributed by atoms with van der Waals surface area (Å²) >= 11 is 11.7. The highest BCUT2D eigenvalue weighted by molar-refractivity contribution is 7.89. The van der Waals surface area contributed by atoms with Gasteiger partial charge in [0.1, 0.15) is 10.9 Å². The Balaban J connectivity index is 2.48. The number of sulfonamides is 1. The highest BCUT2D eigenvalue weighted by Crippen LogP contribution is 2.33. The van der Waals surface area contributed by atoms with Crippen molar-refractivity contribution in [2.45, 2.75) is 23.8 Å². The molecule has 5 nitrogen and oxygen atoms in total. The van der Waals surface area contributed by atoms with Gasteiger partial charge in [-0.15, -0.1) is 0 Å². The minimum absolute atomic E-state index is 0.0423. The Morgan fingerprint density at radius 1 is 1.37 bits per heavy atom. The van der Waals surface area contributed by atoms with Crippen LogP contribution in [0.2, 0.25) is 10.0 Å². The number of amides is 1. The van der Waals surface area contributed by atoms with E-state index in [4.69, 9.17) is 28.9 Å². The highest BCUT2D eigenvalue weighted by Gasteiger charge is 2.39. The molecule has 1 aromatic carbocycles. The van der Waals surface area contributed by atoms with Gasteiger partial charge in [-0.3, -0.25) is 4.79 Å². The van der Waals surface area contributed by atoms with Gasteiger partial charge in [-0.1, -0.05) is 29.3 Å². The molecule has 0 unspecified atom stereocenters. The molecule has 0 bridgehead atoms. The molecule has 8 heteroatoms. The van der Waals surface area contributed by atoms with Crippen molar-refractivity contribution in [2.24, 2.45) is 5.73 Å². The van der Waals surface area contributed by atoms with Crippen molar-refractivity contribution in [1.29, 1.82) is 0 Å². The van der Waals surface area contributed by atoms with E-state index in [2.05, 4.69) is 0 Å². The Morgan fingerprint density at radius 2 is 2.05 bits per heavy atom. The molecule has 1 heterocycles. The first-order chi connectivity index (χ1) is 8.85. The van der Waals surface area contributed by atoms with E-state index in [0.717, 1.165) is 4.31 Å². The second-order valence-corrected chi connectivity index (χ2v) is 6.87. The van der Waals surface area contributed by atoms with Crippen LogP contribution in [0.5, 0.6) is 0 Å². The highest BCUT2D eigenvalue weighted by atomic mass is 35.5. The van der Waals surface area contributed by atoms with Crippen LogP contribution < -0.4 is 5.73 Å². The fourth-order valence-electron chi connectivity index (χ4n) is 2.12. The topological polar surface area (TPSA) is 80.5 Å². The summed E-state index contributed by atoms with van der Waals surface area (Å²) in [4.78, 5) is 11.2. The molecule has 0 saturated carbocycles. The van der Waals surface area contributed by atoms with Crippen LogP contribution in [0.15, 0.2) is 23.1 Å². The van der Waals surface area contributed by atoms with E-state index in [0.29, 0.717) is 12.8 Å². The quantitative estimate of drug-likeness (QED) is 0.918. The van der Waals surface area contributed by atoms with E-state index in [1.54, 1.807) is 0 Å². The smallest absolute Gasteiger partial charge is 0.245 e. The van der Waals surface area contributed by atoms with Crippen LogP contribution in [0.3, 0.4) is 0 Å². The summed E-state index contributed by atoms with van der Waals surface area (Å²) in [6.07, 6.45) is 1.01. The van der Waals surface area contributed by atoms with Crippen molar-refractivity contribution < 1.29 is 13.2 Å². The van der Waals surface area contributed by atoms with Gasteiger partial charge < -0.3 is 5.73 Å². The zero-order valence-electron chi connectivity index (χ0n) is 9.84. The minimum Gasteiger partial charge on any atom is -0.368 e. The lowest BCUT2D eigenvalue weighted by Gasteiger charge is -2.22. The number of nitrogens with two attached hydrogens (primary N) is 1. The summed E-state index contributed by atoms with van der Waals surface area (Å²) in [7, 11) is -3.87. The van der Waals surface area contributed by atoms with Crippen LogP contribution in [-0.2, 0) is 14.8 Å². The van der Waals surface area contributed by atoms with Crippen LogP contribution in [0.1, 0.15) is 12.8 Å². The molecule has 2 N–H and O–H groups in total. The molecule has 1 aliphatic heterocycles. The first-order valence-corrected chi connectivity index (χ1v) is 7.80. The standard InChI is InChI=1S/C11H12Cl2N2O3S/c12-7-3-1-5-9(10(7)13)19(17,18)15-6-2-4-8(15)11(14)16/h1,3,5,8H,2,4,6H2,(H2,14,16)/t8-/m0/s1. The Morgan fingerprint density at radius 3 is 2.68 bits per heavy atom. The number of hydrogen-bond acceptors (Lipinski definition) is 3. The molecule has 0 aromatic heterocycles. The first-order valence-electron chi connectivity index (χ1n) is 5.61. The second-order valence-electron chi connectivity index (χ2n) is 4.23. The lowest BCUT2D eigenvalue weighted by Crippen LogP contribution is -2.43. The largest absolute Gasteiger partial charge is 0.368 e. The third-order valence-corrected chi connectivity index (χ3v) is 5.92. The summed E-state index contributed by atoms with van der Waals surface area (Å²) in [5, 5.41) is 0.108. The van der Waals surface area contributed by atoms with E-state index >= 15 is 0 Å². The molecule has 2 rings (SSSR count). The monoisotopic (exact) mass is 322 g/mol. The van der Waals surface area contributed by atoms with Crippen LogP contribution >= 0.6 is 23.2 Å². The number of carbonyl (C=O) groups is 1. The summed E-state index contributed by atoms with van der Waals surface area (Å²) < 4.78 is 26.1. The van der Waals surface area contributed by atoms with Gasteiger partial charge in [-0.25, -0.2) is 8.42 Å². The van der Waals surface area contributed by atoms with Gasteiger partial charge in [0.05, 0.1) is 10.0 Å². The number of hydrogen-bond donors (Lipinski definition) is 1. The molecule has 1 aromatic rings. The van der Waals surface area contributed by atoms with Gasteiger partial charge in [0.2, 0.25) is 15.9 Å². The molecule has 19 heavy (non-hydrogen) atoms. The number of nitrogens with zero attached hydrogens (tertiary/aromatic N) is 1. The van der Waals surface area contributed by atoms with Crippen molar-refractivity contribution in [2.75, 3.05) is 6.54 Å². The van der Waals surface area contributed by atoms with Crippen LogP contribution in [0, 0.1) is 0 Å². The number of rotatable bonds is 3. The summed E-state index contributed by atoms with van der Waals surface area (Å²) in [5.41, 5.74) is 5.23. The van der Waals surface area contributed by atoms with E-state index in [9.17, 15) is 13.2 Å². The number of primary amides is 1. The van der Waals surface area contributed by atoms with Gasteiger partial charge in [0, 0.05) is 6.54 Å². The van der Waals surface area contributed by atoms with Crippen molar-refractivity contribution in [1.82, 2.24) is 4.31 Å². The molecule has 1 atom stereocenters. The number of carbonyl (C=O) groups excluding carboxylic acids is 1. The molecule has 0 radical (unpaired) electrons. The predicted molar refractivity (Wildman–Crippen MR) is 72.6 cm³/mol. The molecule has 1 fully saturated rings. The van der Waals surface area contributed by atoms with Crippen molar-refractivity contribution in [3.05, 3.63) is 28.2 Å². The summed E-state index contributed by atoms with van der Waals surface area (Å²) in [6, 6.07) is 3.54. The van der Waals surface area contributed by atoms with Gasteiger partial charge >= 0.3 is 0 Å². The number of benzene rings is 1. The first kappa shape index (κ1) is 14.6. The molecule has 1 amide bonds. The lowest BCUT2D eigenvalue weighted by atomic mass is 10.2. The molecular formula is C11H12Cl2N2O3S. The maximum Gasteiger partial charge on any atom is 0.245 e. The molecule has 104 valence electrons. The van der Waals surface area contributed by atoms with Gasteiger partial charge in [-0.05, 0) is 25.0 Å². The van der Waals surface area contributed by atoms with Crippen LogP contribution in [0.25, 0.3) is 0 Å². The summed E-state index contributed by atoms with van der Waals surface area (Å²) in [6.45, 7) is 0.249. The van der Waals surface area contributed by atoms with E-state index in [-0.39, 0.29) is 21.5 Å². The van der Waals surface area contributed by atoms with Crippen molar-refractivity contribution >= 4 is 39.1 Å². The summed E-state index contributed by atoms with van der Waals surface area (Å²) in [5.74, 6) is -0.653. The maximum atomic E-state index is 12.5. The van der Waals surface area contributed by atoms with Gasteiger partial charge in [0.15, 0.2) is 0 Å².